The average molecular weight is 186 g/mol. The van der Waals surface area contributed by atoms with Crippen molar-refractivity contribution in [3.63, 3.8) is 0 Å². The van der Waals surface area contributed by atoms with Crippen molar-refractivity contribution < 1.29 is 1.37 Å². The van der Waals surface area contributed by atoms with E-state index in [1.807, 2.05) is 24.4 Å². The van der Waals surface area contributed by atoms with Gasteiger partial charge in [-0.1, -0.05) is 18.2 Å². The Hall–Kier alpha value is -1.41. The molecular weight excluding hydrogens is 178 g/mol. The van der Waals surface area contributed by atoms with Gasteiger partial charge in [0, 0.05) is 27.9 Å². The fraction of sp³-hybridized carbons (Fsp3) is 0. The molecule has 2 aromatic heterocycles. The molecule has 0 amide bonds. The third-order valence-electron chi connectivity index (χ3n) is 2.10. The summed E-state index contributed by atoms with van der Waals surface area (Å²) in [6.45, 7) is 0. The number of benzene rings is 1. The summed E-state index contributed by atoms with van der Waals surface area (Å²) in [4.78, 5) is 4.09. The van der Waals surface area contributed by atoms with Crippen LogP contribution < -0.4 is 0 Å². The second-order valence-corrected chi connectivity index (χ2v) is 3.94. The topological polar surface area (TPSA) is 12.9 Å². The lowest BCUT2D eigenvalue weighted by molar-refractivity contribution is 1.37. The average Bonchev–Trinajstić information content (AvgIpc) is 2.59. The molecule has 3 rings (SSSR count). The first-order chi connectivity index (χ1) is 6.86. The largest absolute Gasteiger partial charge is 0.263 e. The monoisotopic (exact) mass is 186 g/mol. The van der Waals surface area contributed by atoms with Gasteiger partial charge in [-0.2, -0.15) is 0 Å². The summed E-state index contributed by atoms with van der Waals surface area (Å²) in [6.07, 6.45) is 3.66. The normalized spacial score (nSPS) is 12.2. The standard InChI is InChI=1S/C11H7NS/c1-2-4-10-8(3-1)9-5-6-12-7-11(9)13-10/h1-7H/i4D. The summed E-state index contributed by atoms with van der Waals surface area (Å²) in [6, 6.07) is 8.42. The van der Waals surface area contributed by atoms with Crippen molar-refractivity contribution >= 4 is 31.5 Å². The van der Waals surface area contributed by atoms with Gasteiger partial charge in [0.05, 0.1) is 6.07 Å². The van der Waals surface area contributed by atoms with Gasteiger partial charge < -0.3 is 0 Å². The van der Waals surface area contributed by atoms with Gasteiger partial charge in [-0.25, -0.2) is 0 Å². The lowest BCUT2D eigenvalue weighted by atomic mass is 10.2. The van der Waals surface area contributed by atoms with Gasteiger partial charge in [0.1, 0.15) is 0 Å². The first kappa shape index (κ1) is 6.11. The zero-order chi connectivity index (χ0) is 9.54. The van der Waals surface area contributed by atoms with E-state index in [1.54, 1.807) is 17.5 Å². The van der Waals surface area contributed by atoms with Crippen LogP contribution in [0.4, 0.5) is 0 Å². The smallest absolute Gasteiger partial charge is 0.0638 e. The molecule has 3 aromatic rings. The molecule has 0 saturated heterocycles. The molecule has 0 radical (unpaired) electrons. The maximum Gasteiger partial charge on any atom is 0.0638 e. The maximum absolute atomic E-state index is 7.79. The van der Waals surface area contributed by atoms with Crippen LogP contribution in [0.25, 0.3) is 20.2 Å². The van der Waals surface area contributed by atoms with E-state index in [0.717, 1.165) is 9.40 Å². The predicted molar refractivity (Wildman–Crippen MR) is 57.1 cm³/mol. The van der Waals surface area contributed by atoms with E-state index in [9.17, 15) is 0 Å². The second kappa shape index (κ2) is 2.54. The Balaban J connectivity index is 2.63. The van der Waals surface area contributed by atoms with Gasteiger partial charge in [-0.15, -0.1) is 11.3 Å². The summed E-state index contributed by atoms with van der Waals surface area (Å²) in [7, 11) is 0. The number of pyridine rings is 1. The van der Waals surface area contributed by atoms with Gasteiger partial charge in [0.15, 0.2) is 0 Å². The van der Waals surface area contributed by atoms with Crippen molar-refractivity contribution in [2.45, 2.75) is 0 Å². The van der Waals surface area contributed by atoms with E-state index >= 15 is 0 Å². The highest BCUT2D eigenvalue weighted by atomic mass is 32.1. The van der Waals surface area contributed by atoms with E-state index in [4.69, 9.17) is 1.37 Å². The van der Waals surface area contributed by atoms with Gasteiger partial charge in [-0.3, -0.25) is 4.98 Å². The molecule has 1 aromatic carbocycles. The molecule has 0 aliphatic rings. The number of nitrogens with zero attached hydrogens (tertiary/aromatic N) is 1. The Morgan fingerprint density at radius 3 is 3.08 bits per heavy atom. The van der Waals surface area contributed by atoms with E-state index in [0.29, 0.717) is 6.04 Å². The third kappa shape index (κ3) is 0.956. The summed E-state index contributed by atoms with van der Waals surface area (Å²) in [5, 5.41) is 2.37. The van der Waals surface area contributed by atoms with Crippen LogP contribution in [-0.4, -0.2) is 4.98 Å². The van der Waals surface area contributed by atoms with Crippen LogP contribution in [0.15, 0.2) is 42.7 Å². The molecular formula is C11H7NS. The molecule has 0 atom stereocenters. The molecule has 62 valence electrons. The Morgan fingerprint density at radius 1 is 1.15 bits per heavy atom. The molecule has 0 aliphatic carbocycles. The SMILES string of the molecule is [2H]c1cccc2c1sc1cnccc12. The Morgan fingerprint density at radius 2 is 2.08 bits per heavy atom. The summed E-state index contributed by atoms with van der Waals surface area (Å²) in [5.41, 5.74) is 0. The van der Waals surface area contributed by atoms with Crippen LogP contribution in [0, 0.1) is 0 Å². The van der Waals surface area contributed by atoms with Gasteiger partial charge in [0.2, 0.25) is 0 Å². The van der Waals surface area contributed by atoms with Crippen molar-refractivity contribution in [3.8, 4) is 0 Å². The molecule has 0 spiro atoms. The van der Waals surface area contributed by atoms with Gasteiger partial charge >= 0.3 is 0 Å². The van der Waals surface area contributed by atoms with Crippen LogP contribution in [0.2, 0.25) is 0 Å². The number of thiophene rings is 1. The zero-order valence-corrected chi connectivity index (χ0v) is 7.64. The molecule has 0 unspecified atom stereocenters. The summed E-state index contributed by atoms with van der Waals surface area (Å²) >= 11 is 1.64. The Bertz CT molecular complexity index is 615. The lowest BCUT2D eigenvalue weighted by Gasteiger charge is -1.87. The third-order valence-corrected chi connectivity index (χ3v) is 3.19. The van der Waals surface area contributed by atoms with Crippen LogP contribution in [0.1, 0.15) is 1.37 Å². The van der Waals surface area contributed by atoms with E-state index in [2.05, 4.69) is 11.1 Å². The van der Waals surface area contributed by atoms with E-state index in [1.165, 1.54) is 10.8 Å². The molecule has 1 nitrogen and oxygen atoms in total. The molecule has 0 aliphatic heterocycles. The maximum atomic E-state index is 7.79. The molecule has 0 N–H and O–H groups in total. The highest BCUT2D eigenvalue weighted by molar-refractivity contribution is 7.25. The summed E-state index contributed by atoms with van der Waals surface area (Å²) < 4.78 is 9.99. The van der Waals surface area contributed by atoms with Crippen molar-refractivity contribution in [1.29, 1.82) is 0 Å². The van der Waals surface area contributed by atoms with Crippen LogP contribution >= 0.6 is 11.3 Å². The molecule has 0 bridgehead atoms. The van der Waals surface area contributed by atoms with Crippen molar-refractivity contribution in [1.82, 2.24) is 4.98 Å². The van der Waals surface area contributed by atoms with Crippen molar-refractivity contribution in [2.24, 2.45) is 0 Å². The van der Waals surface area contributed by atoms with Gasteiger partial charge in [-0.05, 0) is 12.1 Å². The second-order valence-electron chi connectivity index (χ2n) is 2.89. The number of aromatic nitrogens is 1. The number of hydrogen-bond donors (Lipinski definition) is 0. The van der Waals surface area contributed by atoms with Crippen molar-refractivity contribution in [2.75, 3.05) is 0 Å². The van der Waals surface area contributed by atoms with Crippen LogP contribution in [0.3, 0.4) is 0 Å². The fourth-order valence-electron chi connectivity index (χ4n) is 1.51. The Labute approximate surface area is 81.1 Å². The molecule has 0 saturated carbocycles. The van der Waals surface area contributed by atoms with Crippen molar-refractivity contribution in [3.05, 3.63) is 42.7 Å². The number of rotatable bonds is 0. The predicted octanol–water partition coefficient (Wildman–Crippen LogP) is 3.45. The highest BCUT2D eigenvalue weighted by Crippen LogP contribution is 2.32. The van der Waals surface area contributed by atoms with E-state index < -0.39 is 0 Å². The molecule has 2 heterocycles. The Kier molecular flexibility index (Phi) is 1.19. The molecule has 0 fully saturated rings. The first-order valence-corrected chi connectivity index (χ1v) is 4.90. The minimum absolute atomic E-state index is 0.601. The number of hydrogen-bond acceptors (Lipinski definition) is 2. The highest BCUT2D eigenvalue weighted by Gasteiger charge is 2.01. The quantitative estimate of drug-likeness (QED) is 0.524. The fourth-order valence-corrected chi connectivity index (χ4v) is 2.55. The summed E-state index contributed by atoms with van der Waals surface area (Å²) in [5.74, 6) is 0. The number of fused-ring (bicyclic) bond motifs is 3. The van der Waals surface area contributed by atoms with Crippen LogP contribution in [0.5, 0.6) is 0 Å². The zero-order valence-electron chi connectivity index (χ0n) is 7.82. The minimum Gasteiger partial charge on any atom is -0.263 e. The van der Waals surface area contributed by atoms with E-state index in [-0.39, 0.29) is 0 Å². The molecule has 13 heavy (non-hydrogen) atoms. The lowest BCUT2D eigenvalue weighted by Crippen LogP contribution is -1.67. The van der Waals surface area contributed by atoms with Crippen LogP contribution in [-0.2, 0) is 0 Å². The van der Waals surface area contributed by atoms with Gasteiger partial charge in [0.25, 0.3) is 0 Å². The first-order valence-electron chi connectivity index (χ1n) is 4.58. The minimum atomic E-state index is 0.601. The molecule has 2 heteroatoms.